The maximum absolute atomic E-state index is 10.4. The minimum atomic E-state index is -0.481. The predicted octanol–water partition coefficient (Wildman–Crippen LogP) is 1.47. The molecule has 0 saturated carbocycles. The fourth-order valence-corrected chi connectivity index (χ4v) is 0.907. The van der Waals surface area contributed by atoms with Gasteiger partial charge in [0.15, 0.2) is 0 Å². The second kappa shape index (κ2) is 7.23. The molecule has 0 aliphatic heterocycles. The Morgan fingerprint density at radius 3 is 2.38 bits per heavy atom. The maximum Gasteiger partial charge on any atom is 0.240 e. The van der Waals surface area contributed by atoms with E-state index in [4.69, 9.17) is 4.74 Å². The van der Waals surface area contributed by atoms with Crippen LogP contribution in [0.25, 0.3) is 0 Å². The number of hydrogen-bond acceptors (Lipinski definition) is 3. The molecular weight excluding hydrogens is 206 g/mol. The number of nitrogens with two attached hydrogens (primary N) is 1. The maximum atomic E-state index is 10.4. The SMILES string of the molecule is C=CC(N)=O.COc1ccc(C=O)c(C)c1. The molecule has 1 aromatic rings. The summed E-state index contributed by atoms with van der Waals surface area (Å²) in [5.74, 6) is 0.304. The average molecular weight is 221 g/mol. The first-order valence-electron chi connectivity index (χ1n) is 4.56. The van der Waals surface area contributed by atoms with Crippen LogP contribution in [0.4, 0.5) is 0 Å². The van der Waals surface area contributed by atoms with Crippen LogP contribution in [0.1, 0.15) is 15.9 Å². The fourth-order valence-electron chi connectivity index (χ4n) is 0.907. The molecule has 86 valence electrons. The molecule has 2 N–H and O–H groups in total. The number of rotatable bonds is 3. The lowest BCUT2D eigenvalue weighted by Gasteiger charge is -2.01. The molecule has 0 heterocycles. The van der Waals surface area contributed by atoms with E-state index in [1.807, 2.05) is 13.0 Å². The molecule has 0 bridgehead atoms. The van der Waals surface area contributed by atoms with Gasteiger partial charge in [0.05, 0.1) is 7.11 Å². The number of ether oxygens (including phenoxy) is 1. The number of hydrogen-bond donors (Lipinski definition) is 1. The molecule has 0 aliphatic carbocycles. The Morgan fingerprint density at radius 1 is 1.50 bits per heavy atom. The first-order chi connectivity index (χ1) is 7.54. The van der Waals surface area contributed by atoms with E-state index in [0.29, 0.717) is 5.56 Å². The van der Waals surface area contributed by atoms with E-state index in [9.17, 15) is 9.59 Å². The molecule has 0 aliphatic rings. The lowest BCUT2D eigenvalue weighted by atomic mass is 10.1. The van der Waals surface area contributed by atoms with Gasteiger partial charge < -0.3 is 10.5 Å². The lowest BCUT2D eigenvalue weighted by molar-refractivity contribution is -0.113. The van der Waals surface area contributed by atoms with E-state index in [-0.39, 0.29) is 0 Å². The highest BCUT2D eigenvalue weighted by atomic mass is 16.5. The molecule has 0 aromatic heterocycles. The van der Waals surface area contributed by atoms with Gasteiger partial charge in [-0.3, -0.25) is 9.59 Å². The summed E-state index contributed by atoms with van der Waals surface area (Å²) in [7, 11) is 1.61. The number of benzene rings is 1. The van der Waals surface area contributed by atoms with Crippen molar-refractivity contribution in [3.05, 3.63) is 42.0 Å². The summed E-state index contributed by atoms with van der Waals surface area (Å²) in [6.45, 7) is 4.97. The second-order valence-electron chi connectivity index (χ2n) is 2.95. The van der Waals surface area contributed by atoms with Crippen molar-refractivity contribution in [1.29, 1.82) is 0 Å². The van der Waals surface area contributed by atoms with E-state index < -0.39 is 5.91 Å². The molecule has 16 heavy (non-hydrogen) atoms. The standard InChI is InChI=1S/C9H10O2.C3H5NO/c1-7-5-9(11-2)4-3-8(7)6-10;1-2-3(4)5/h3-6H,1-2H3;2H,1H2,(H2,4,5). The topological polar surface area (TPSA) is 69.4 Å². The van der Waals surface area contributed by atoms with Crippen molar-refractivity contribution in [3.8, 4) is 5.75 Å². The average Bonchev–Trinajstić information content (AvgIpc) is 2.29. The molecule has 4 heteroatoms. The predicted molar refractivity (Wildman–Crippen MR) is 62.5 cm³/mol. The van der Waals surface area contributed by atoms with Crippen LogP contribution in [0, 0.1) is 6.92 Å². The van der Waals surface area contributed by atoms with Gasteiger partial charge in [0.2, 0.25) is 5.91 Å². The van der Waals surface area contributed by atoms with Crippen LogP contribution in [0.3, 0.4) is 0 Å². The van der Waals surface area contributed by atoms with Gasteiger partial charge in [-0.25, -0.2) is 0 Å². The van der Waals surface area contributed by atoms with Crippen molar-refractivity contribution in [3.63, 3.8) is 0 Å². The van der Waals surface area contributed by atoms with Crippen LogP contribution in [0.2, 0.25) is 0 Å². The molecule has 0 saturated heterocycles. The quantitative estimate of drug-likeness (QED) is 0.620. The van der Waals surface area contributed by atoms with E-state index in [1.54, 1.807) is 19.2 Å². The number of primary amides is 1. The Bertz CT molecular complexity index is 386. The van der Waals surface area contributed by atoms with Gasteiger partial charge in [0.25, 0.3) is 0 Å². The van der Waals surface area contributed by atoms with Crippen molar-refractivity contribution >= 4 is 12.2 Å². The largest absolute Gasteiger partial charge is 0.497 e. The summed E-state index contributed by atoms with van der Waals surface area (Å²) >= 11 is 0. The number of aldehydes is 1. The number of carbonyl (C=O) groups excluding carboxylic acids is 2. The Morgan fingerprint density at radius 2 is 2.06 bits per heavy atom. The smallest absolute Gasteiger partial charge is 0.240 e. The Hall–Kier alpha value is -2.10. The highest BCUT2D eigenvalue weighted by molar-refractivity contribution is 5.85. The number of methoxy groups -OCH3 is 1. The van der Waals surface area contributed by atoms with Gasteiger partial charge in [-0.15, -0.1) is 0 Å². The Balaban J connectivity index is 0.000000385. The highest BCUT2D eigenvalue weighted by Crippen LogP contribution is 2.14. The molecule has 1 rings (SSSR count). The Kier molecular flexibility index (Phi) is 6.28. The summed E-state index contributed by atoms with van der Waals surface area (Å²) in [5, 5.41) is 0. The minimum Gasteiger partial charge on any atom is -0.497 e. The van der Waals surface area contributed by atoms with Crippen molar-refractivity contribution < 1.29 is 14.3 Å². The van der Waals surface area contributed by atoms with E-state index in [1.165, 1.54) is 0 Å². The highest BCUT2D eigenvalue weighted by Gasteiger charge is 1.97. The number of amides is 1. The van der Waals surface area contributed by atoms with Crippen LogP contribution < -0.4 is 10.5 Å². The summed E-state index contributed by atoms with van der Waals surface area (Å²) < 4.78 is 4.98. The van der Waals surface area contributed by atoms with Crippen LogP contribution in [0.5, 0.6) is 5.75 Å². The zero-order chi connectivity index (χ0) is 12.6. The summed E-state index contributed by atoms with van der Waals surface area (Å²) in [6, 6.07) is 5.36. The molecule has 1 amide bonds. The molecular formula is C12H15NO3. The third kappa shape index (κ3) is 4.95. The molecule has 0 spiro atoms. The van der Waals surface area contributed by atoms with E-state index in [0.717, 1.165) is 23.7 Å². The van der Waals surface area contributed by atoms with E-state index >= 15 is 0 Å². The molecule has 1 aromatic carbocycles. The van der Waals surface area contributed by atoms with Gasteiger partial charge in [-0.2, -0.15) is 0 Å². The van der Waals surface area contributed by atoms with Crippen LogP contribution in [-0.4, -0.2) is 19.3 Å². The van der Waals surface area contributed by atoms with Gasteiger partial charge in [0, 0.05) is 5.56 Å². The first kappa shape index (κ1) is 13.9. The van der Waals surface area contributed by atoms with Crippen LogP contribution in [-0.2, 0) is 4.79 Å². The molecule has 0 atom stereocenters. The van der Waals surface area contributed by atoms with Gasteiger partial charge in [-0.1, -0.05) is 6.58 Å². The number of carbonyl (C=O) groups is 2. The zero-order valence-electron chi connectivity index (χ0n) is 9.40. The van der Waals surface area contributed by atoms with Crippen molar-refractivity contribution in [2.45, 2.75) is 6.92 Å². The summed E-state index contributed by atoms with van der Waals surface area (Å²) in [5.41, 5.74) is 6.19. The summed E-state index contributed by atoms with van der Waals surface area (Å²) in [6.07, 6.45) is 1.90. The molecule has 0 fully saturated rings. The Labute approximate surface area is 94.7 Å². The van der Waals surface area contributed by atoms with Gasteiger partial charge in [-0.05, 0) is 36.8 Å². The third-order valence-electron chi connectivity index (χ3n) is 1.81. The molecule has 0 radical (unpaired) electrons. The molecule has 4 nitrogen and oxygen atoms in total. The second-order valence-corrected chi connectivity index (χ2v) is 2.95. The fraction of sp³-hybridized carbons (Fsp3) is 0.167. The first-order valence-corrected chi connectivity index (χ1v) is 4.56. The summed E-state index contributed by atoms with van der Waals surface area (Å²) in [4.78, 5) is 19.9. The third-order valence-corrected chi connectivity index (χ3v) is 1.81. The van der Waals surface area contributed by atoms with Crippen molar-refractivity contribution in [1.82, 2.24) is 0 Å². The normalized spacial score (nSPS) is 8.38. The molecule has 0 unspecified atom stereocenters. The van der Waals surface area contributed by atoms with Crippen LogP contribution in [0.15, 0.2) is 30.9 Å². The monoisotopic (exact) mass is 221 g/mol. The van der Waals surface area contributed by atoms with Crippen molar-refractivity contribution in [2.75, 3.05) is 7.11 Å². The van der Waals surface area contributed by atoms with Gasteiger partial charge >= 0.3 is 0 Å². The number of aryl methyl sites for hydroxylation is 1. The van der Waals surface area contributed by atoms with Crippen LogP contribution >= 0.6 is 0 Å². The minimum absolute atomic E-state index is 0.481. The lowest BCUT2D eigenvalue weighted by Crippen LogP contribution is -2.04. The van der Waals surface area contributed by atoms with E-state index in [2.05, 4.69) is 12.3 Å². The zero-order valence-corrected chi connectivity index (χ0v) is 9.40. The van der Waals surface area contributed by atoms with Crippen molar-refractivity contribution in [2.24, 2.45) is 5.73 Å². The van der Waals surface area contributed by atoms with Gasteiger partial charge in [0.1, 0.15) is 12.0 Å².